The van der Waals surface area contributed by atoms with Crippen molar-refractivity contribution < 1.29 is 24.1 Å². The number of nitrogens with zero attached hydrogens (tertiary/aromatic N) is 3. The van der Waals surface area contributed by atoms with Crippen LogP contribution in [-0.2, 0) is 6.54 Å². The Hall–Kier alpha value is -5.30. The second-order valence-corrected chi connectivity index (χ2v) is 9.21. The van der Waals surface area contributed by atoms with Gasteiger partial charge in [0.25, 0.3) is 5.91 Å². The maximum Gasteiger partial charge on any atom is 0.336 e. The zero-order valence-corrected chi connectivity index (χ0v) is 21.8. The molecule has 7 heteroatoms. The van der Waals surface area contributed by atoms with E-state index in [9.17, 15) is 19.5 Å². The highest BCUT2D eigenvalue weighted by Crippen LogP contribution is 2.26. The first-order chi connectivity index (χ1) is 19.5. The van der Waals surface area contributed by atoms with Gasteiger partial charge in [-0.15, -0.1) is 0 Å². The van der Waals surface area contributed by atoms with Crippen molar-refractivity contribution in [2.75, 3.05) is 0 Å². The van der Waals surface area contributed by atoms with E-state index in [4.69, 9.17) is 4.99 Å². The Morgan fingerprint density at radius 2 is 1.68 bits per heavy atom. The Bertz CT molecular complexity index is 1700. The monoisotopic (exact) mass is 528 g/mol. The summed E-state index contributed by atoms with van der Waals surface area (Å²) in [5.41, 5.74) is 5.32. The van der Waals surface area contributed by atoms with Crippen molar-refractivity contribution in [2.45, 2.75) is 19.9 Å². The average Bonchev–Trinajstić information content (AvgIpc) is 3.32. The van der Waals surface area contributed by atoms with Gasteiger partial charge in [0.05, 0.1) is 16.8 Å². The van der Waals surface area contributed by atoms with E-state index in [1.165, 1.54) is 0 Å². The molecule has 3 aromatic carbocycles. The average molecular weight is 529 g/mol. The predicted octanol–water partition coefficient (Wildman–Crippen LogP) is 5.93. The van der Waals surface area contributed by atoms with Crippen LogP contribution in [0.4, 0.5) is 0 Å². The van der Waals surface area contributed by atoms with Crippen LogP contribution in [0.1, 0.15) is 50.0 Å². The van der Waals surface area contributed by atoms with E-state index in [2.05, 4.69) is 16.5 Å². The van der Waals surface area contributed by atoms with Gasteiger partial charge in [0.1, 0.15) is 6.54 Å². The molecule has 1 aliphatic carbocycles. The highest BCUT2D eigenvalue weighted by atomic mass is 16.4. The maximum atomic E-state index is 12.9. The summed E-state index contributed by atoms with van der Waals surface area (Å²) < 4.78 is 2.06. The third-order valence-electron chi connectivity index (χ3n) is 6.58. The summed E-state index contributed by atoms with van der Waals surface area (Å²) in [4.78, 5) is 45.0. The van der Waals surface area contributed by atoms with Crippen LogP contribution in [0.2, 0.25) is 0 Å². The number of aromatic carboxylic acids is 1. The van der Waals surface area contributed by atoms with E-state index in [1.807, 2.05) is 54.6 Å². The molecule has 1 N–H and O–H groups in total. The van der Waals surface area contributed by atoms with E-state index >= 15 is 0 Å². The number of aldehydes is 1. The molecular formula is C33H26N3O4+. The summed E-state index contributed by atoms with van der Waals surface area (Å²) in [5, 5.41) is 9.56. The van der Waals surface area contributed by atoms with Crippen molar-refractivity contribution in [1.82, 2.24) is 0 Å². The molecule has 0 fully saturated rings. The van der Waals surface area contributed by atoms with Crippen LogP contribution in [0.3, 0.4) is 0 Å². The zero-order valence-electron chi connectivity index (χ0n) is 21.8. The lowest BCUT2D eigenvalue weighted by Gasteiger charge is -2.10. The smallest absolute Gasteiger partial charge is 0.336 e. The van der Waals surface area contributed by atoms with Crippen LogP contribution in [0.25, 0.3) is 11.1 Å². The number of benzene rings is 3. The predicted molar refractivity (Wildman–Crippen MR) is 155 cm³/mol. The molecule has 0 saturated carbocycles. The van der Waals surface area contributed by atoms with Gasteiger partial charge >= 0.3 is 11.8 Å². The lowest BCUT2D eigenvalue weighted by Crippen LogP contribution is -2.19. The topological polar surface area (TPSA) is 99.2 Å². The highest BCUT2D eigenvalue weighted by Gasteiger charge is 2.32. The van der Waals surface area contributed by atoms with Crippen LogP contribution in [0, 0.1) is 0 Å². The molecule has 40 heavy (non-hydrogen) atoms. The fourth-order valence-electron chi connectivity index (χ4n) is 4.58. The fourth-order valence-corrected chi connectivity index (χ4v) is 4.58. The molecular weight excluding hydrogens is 502 g/mol. The van der Waals surface area contributed by atoms with E-state index in [1.54, 1.807) is 48.5 Å². The standard InChI is InChI=1S/C33H25N3O4/c1-2-3-12-31-35-29-18-17-25(34-32(38)27-10-5-4-8-24(27)21-37)19-30(29)36(31)20-22-13-15-23(16-14-22)26-9-6-7-11-28(26)33(39)40/h3-19,21H,2,20H2,1H3/p+1. The Balaban J connectivity index is 1.46. The Morgan fingerprint density at radius 1 is 0.950 bits per heavy atom. The number of aliphatic imine (C=N–C) groups is 2. The SMILES string of the molecule is CCC=CC1=[N+](Cc2ccc(-c3ccccc3C(=O)O)cc2)C2=CC(=NC(=O)c3ccccc3C=O)C=CC2=N1. The molecule has 3 aromatic rings. The van der Waals surface area contributed by atoms with Crippen LogP contribution in [-0.4, -0.2) is 45.1 Å². The number of allylic oxidation sites excluding steroid dienone is 4. The second-order valence-electron chi connectivity index (χ2n) is 9.21. The number of carbonyl (C=O) groups excluding carboxylic acids is 2. The molecule has 1 aliphatic heterocycles. The summed E-state index contributed by atoms with van der Waals surface area (Å²) in [7, 11) is 0. The number of carboxylic acids is 1. The summed E-state index contributed by atoms with van der Waals surface area (Å²) in [6.45, 7) is 2.56. The van der Waals surface area contributed by atoms with Gasteiger partial charge in [-0.3, -0.25) is 9.59 Å². The number of rotatable bonds is 8. The van der Waals surface area contributed by atoms with Crippen molar-refractivity contribution in [3.63, 3.8) is 0 Å². The summed E-state index contributed by atoms with van der Waals surface area (Å²) >= 11 is 0. The Kier molecular flexibility index (Phi) is 7.64. The Labute approximate surface area is 231 Å². The van der Waals surface area contributed by atoms with Gasteiger partial charge in [0, 0.05) is 17.7 Å². The molecule has 0 bridgehead atoms. The molecule has 2 aliphatic rings. The van der Waals surface area contributed by atoms with Crippen LogP contribution in [0.5, 0.6) is 0 Å². The lowest BCUT2D eigenvalue weighted by molar-refractivity contribution is -0.482. The third-order valence-corrected chi connectivity index (χ3v) is 6.58. The molecule has 0 aromatic heterocycles. The molecule has 1 amide bonds. The maximum absolute atomic E-state index is 12.9. The van der Waals surface area contributed by atoms with E-state index in [0.717, 1.165) is 34.8 Å². The number of carbonyl (C=O) groups is 3. The van der Waals surface area contributed by atoms with Crippen molar-refractivity contribution in [1.29, 1.82) is 0 Å². The van der Waals surface area contributed by atoms with Crippen molar-refractivity contribution in [3.05, 3.63) is 131 Å². The van der Waals surface area contributed by atoms with Crippen LogP contribution < -0.4 is 0 Å². The first-order valence-electron chi connectivity index (χ1n) is 12.9. The van der Waals surface area contributed by atoms with Gasteiger partial charge in [-0.05, 0) is 52.4 Å². The quantitative estimate of drug-likeness (QED) is 0.222. The molecule has 0 spiro atoms. The minimum Gasteiger partial charge on any atom is -0.478 e. The summed E-state index contributed by atoms with van der Waals surface area (Å²) in [5.74, 6) is -0.686. The fraction of sp³-hybridized carbons (Fsp3) is 0.0909. The molecule has 0 unspecified atom stereocenters. The van der Waals surface area contributed by atoms with Gasteiger partial charge in [-0.2, -0.15) is 0 Å². The molecule has 1 heterocycles. The largest absolute Gasteiger partial charge is 0.478 e. The van der Waals surface area contributed by atoms with Gasteiger partial charge in [0.2, 0.25) is 5.71 Å². The highest BCUT2D eigenvalue weighted by molar-refractivity contribution is 6.26. The lowest BCUT2D eigenvalue weighted by atomic mass is 9.98. The molecule has 7 nitrogen and oxygen atoms in total. The number of carboxylic acid groups (broad SMARTS) is 1. The number of fused-ring (bicyclic) bond motifs is 1. The normalized spacial score (nSPS) is 15.3. The van der Waals surface area contributed by atoms with E-state index in [0.29, 0.717) is 29.7 Å². The van der Waals surface area contributed by atoms with E-state index < -0.39 is 11.9 Å². The van der Waals surface area contributed by atoms with Crippen molar-refractivity contribution in [2.24, 2.45) is 9.98 Å². The van der Waals surface area contributed by atoms with Crippen LogP contribution >= 0.6 is 0 Å². The third kappa shape index (κ3) is 5.44. The van der Waals surface area contributed by atoms with Gasteiger partial charge in [-0.25, -0.2) is 14.4 Å². The van der Waals surface area contributed by atoms with Gasteiger partial charge in [-0.1, -0.05) is 73.7 Å². The van der Waals surface area contributed by atoms with Crippen molar-refractivity contribution in [3.8, 4) is 11.1 Å². The molecule has 0 atom stereocenters. The number of amides is 1. The van der Waals surface area contributed by atoms with Crippen LogP contribution in [0.15, 0.2) is 119 Å². The molecule has 0 saturated heterocycles. The second kappa shape index (κ2) is 11.6. The first-order valence-corrected chi connectivity index (χ1v) is 12.9. The molecule has 196 valence electrons. The number of hydrogen-bond acceptors (Lipinski definition) is 4. The minimum atomic E-state index is -0.966. The van der Waals surface area contributed by atoms with Crippen molar-refractivity contribution >= 4 is 35.4 Å². The summed E-state index contributed by atoms with van der Waals surface area (Å²) in [6, 6.07) is 21.3. The Morgan fingerprint density at radius 3 is 2.40 bits per heavy atom. The zero-order chi connectivity index (χ0) is 28.1. The molecule has 5 rings (SSSR count). The first kappa shape index (κ1) is 26.3. The molecule has 0 radical (unpaired) electrons. The van der Waals surface area contributed by atoms with E-state index in [-0.39, 0.29) is 11.1 Å². The number of hydrogen-bond donors (Lipinski definition) is 1. The van der Waals surface area contributed by atoms with Gasteiger partial charge < -0.3 is 5.11 Å². The number of amidine groups is 1. The van der Waals surface area contributed by atoms with Gasteiger partial charge in [0.15, 0.2) is 12.0 Å². The minimum absolute atomic E-state index is 0.252. The summed E-state index contributed by atoms with van der Waals surface area (Å²) in [6.07, 6.45) is 10.9.